The number of ether oxygens (including phenoxy) is 1. The number of para-hydroxylation sites is 1. The van der Waals surface area contributed by atoms with Gasteiger partial charge in [0.2, 0.25) is 0 Å². The van der Waals surface area contributed by atoms with Crippen molar-refractivity contribution in [2.75, 3.05) is 32.6 Å². The summed E-state index contributed by atoms with van der Waals surface area (Å²) in [7, 11) is 4.29. The molecule has 0 aliphatic rings. The highest BCUT2D eigenvalue weighted by atomic mass is 16.5. The molecule has 1 aromatic rings. The van der Waals surface area contributed by atoms with Gasteiger partial charge in [-0.05, 0) is 12.1 Å². The van der Waals surface area contributed by atoms with Crippen LogP contribution in [-0.4, -0.2) is 55.7 Å². The maximum Gasteiger partial charge on any atom is 0.337 e. The molecule has 1 rings (SSSR count). The van der Waals surface area contributed by atoms with Gasteiger partial charge in [-0.15, -0.1) is 0 Å². The predicted octanol–water partition coefficient (Wildman–Crippen LogP) is 1.44. The lowest BCUT2D eigenvalue weighted by Crippen LogP contribution is -2.40. The highest BCUT2D eigenvalue weighted by molar-refractivity contribution is 6.01. The Morgan fingerprint density at radius 3 is 2.38 bits per heavy atom. The molecule has 0 heterocycles. The lowest BCUT2D eigenvalue weighted by molar-refractivity contribution is -0.140. The second-order valence-electron chi connectivity index (χ2n) is 4.41. The zero-order valence-electron chi connectivity index (χ0n) is 12.2. The van der Waals surface area contributed by atoms with Gasteiger partial charge in [0, 0.05) is 20.6 Å². The van der Waals surface area contributed by atoms with Crippen LogP contribution in [0.3, 0.4) is 0 Å². The largest absolute Gasteiger partial charge is 0.478 e. The van der Waals surface area contributed by atoms with E-state index in [1.54, 1.807) is 18.2 Å². The van der Waals surface area contributed by atoms with E-state index in [4.69, 9.17) is 5.11 Å². The number of urea groups is 1. The number of anilines is 1. The molecule has 7 nitrogen and oxygen atoms in total. The summed E-state index contributed by atoms with van der Waals surface area (Å²) >= 11 is 0. The van der Waals surface area contributed by atoms with Gasteiger partial charge < -0.3 is 14.7 Å². The zero-order valence-corrected chi connectivity index (χ0v) is 12.2. The number of amides is 2. The first-order chi connectivity index (χ1) is 9.88. The molecule has 0 fully saturated rings. The number of carbonyl (C=O) groups excluding carboxylic acids is 2. The van der Waals surface area contributed by atoms with Crippen molar-refractivity contribution < 1.29 is 24.2 Å². The van der Waals surface area contributed by atoms with Gasteiger partial charge in [-0.2, -0.15) is 0 Å². The predicted molar refractivity (Wildman–Crippen MR) is 76.5 cm³/mol. The molecule has 7 heteroatoms. The van der Waals surface area contributed by atoms with Crippen LogP contribution in [0.5, 0.6) is 0 Å². The van der Waals surface area contributed by atoms with E-state index in [2.05, 4.69) is 4.74 Å². The smallest absolute Gasteiger partial charge is 0.337 e. The Hall–Kier alpha value is -2.57. The average Bonchev–Trinajstić information content (AvgIpc) is 2.50. The van der Waals surface area contributed by atoms with E-state index in [1.807, 2.05) is 0 Å². The first kappa shape index (κ1) is 16.5. The third-order valence-corrected chi connectivity index (χ3v) is 2.99. The number of nitrogens with zero attached hydrogens (tertiary/aromatic N) is 2. The van der Waals surface area contributed by atoms with E-state index in [1.165, 1.54) is 37.1 Å². The van der Waals surface area contributed by atoms with Crippen molar-refractivity contribution in [1.82, 2.24) is 4.90 Å². The van der Waals surface area contributed by atoms with Crippen LogP contribution >= 0.6 is 0 Å². The Kier molecular flexibility index (Phi) is 5.71. The summed E-state index contributed by atoms with van der Waals surface area (Å²) in [5.74, 6) is -1.52. The number of esters is 1. The number of hydrogen-bond donors (Lipinski definition) is 1. The quantitative estimate of drug-likeness (QED) is 0.830. The highest BCUT2D eigenvalue weighted by Gasteiger charge is 2.21. The molecule has 0 aliphatic carbocycles. The van der Waals surface area contributed by atoms with Gasteiger partial charge in [-0.25, -0.2) is 9.59 Å². The Bertz CT molecular complexity index is 544. The van der Waals surface area contributed by atoms with Gasteiger partial charge in [0.1, 0.15) is 0 Å². The zero-order chi connectivity index (χ0) is 16.0. The lowest BCUT2D eigenvalue weighted by atomic mass is 10.1. The highest BCUT2D eigenvalue weighted by Crippen LogP contribution is 2.20. The molecule has 0 spiro atoms. The van der Waals surface area contributed by atoms with Crippen molar-refractivity contribution >= 4 is 23.7 Å². The second kappa shape index (κ2) is 7.28. The van der Waals surface area contributed by atoms with Crippen LogP contribution in [0, 0.1) is 0 Å². The third-order valence-electron chi connectivity index (χ3n) is 2.99. The molecule has 21 heavy (non-hydrogen) atoms. The second-order valence-corrected chi connectivity index (χ2v) is 4.41. The third kappa shape index (κ3) is 4.20. The van der Waals surface area contributed by atoms with E-state index in [9.17, 15) is 14.4 Å². The average molecular weight is 294 g/mol. The van der Waals surface area contributed by atoms with Crippen LogP contribution in [0.15, 0.2) is 24.3 Å². The van der Waals surface area contributed by atoms with E-state index in [-0.39, 0.29) is 18.5 Å². The van der Waals surface area contributed by atoms with E-state index >= 15 is 0 Å². The summed E-state index contributed by atoms with van der Waals surface area (Å²) in [5, 5.41) is 9.13. The van der Waals surface area contributed by atoms with Gasteiger partial charge in [0.05, 0.1) is 24.8 Å². The molecule has 0 bridgehead atoms. The Labute approximate surface area is 122 Å². The Morgan fingerprint density at radius 1 is 1.19 bits per heavy atom. The first-order valence-electron chi connectivity index (χ1n) is 6.26. The molecule has 114 valence electrons. The number of carboxylic acid groups (broad SMARTS) is 1. The van der Waals surface area contributed by atoms with Crippen molar-refractivity contribution in [3.05, 3.63) is 29.8 Å². The summed E-state index contributed by atoms with van der Waals surface area (Å²) in [5.41, 5.74) is 0.328. The van der Waals surface area contributed by atoms with Gasteiger partial charge in [-0.1, -0.05) is 12.1 Å². The van der Waals surface area contributed by atoms with Crippen molar-refractivity contribution in [3.63, 3.8) is 0 Å². The molecule has 0 aromatic heterocycles. The van der Waals surface area contributed by atoms with Crippen LogP contribution in [-0.2, 0) is 9.53 Å². The fraction of sp³-hybridized carbons (Fsp3) is 0.357. The SMILES string of the molecule is COC(=O)CCN(C)C(=O)N(C)c1ccccc1C(=O)O. The normalized spacial score (nSPS) is 9.86. The molecular formula is C14H18N2O5. The first-order valence-corrected chi connectivity index (χ1v) is 6.26. The number of benzene rings is 1. The summed E-state index contributed by atoms with van der Waals surface area (Å²) in [6.45, 7) is 0.186. The Balaban J connectivity index is 2.83. The van der Waals surface area contributed by atoms with Crippen molar-refractivity contribution in [1.29, 1.82) is 0 Å². The maximum atomic E-state index is 12.2. The molecule has 0 atom stereocenters. The topological polar surface area (TPSA) is 87.2 Å². The van der Waals surface area contributed by atoms with E-state index < -0.39 is 18.0 Å². The fourth-order valence-corrected chi connectivity index (χ4v) is 1.76. The fourth-order valence-electron chi connectivity index (χ4n) is 1.76. The molecule has 0 aliphatic heterocycles. The number of hydrogen-bond acceptors (Lipinski definition) is 4. The molecule has 0 saturated carbocycles. The minimum absolute atomic E-state index is 0.0368. The molecule has 1 aromatic carbocycles. The Morgan fingerprint density at radius 2 is 1.81 bits per heavy atom. The van der Waals surface area contributed by atoms with Crippen LogP contribution in [0.1, 0.15) is 16.8 Å². The standard InChI is InChI=1S/C14H18N2O5/c1-15(9-8-12(17)21-3)14(20)16(2)11-7-5-4-6-10(11)13(18)19/h4-7H,8-9H2,1-3H3,(H,18,19). The number of carboxylic acids is 1. The van der Waals surface area contributed by atoms with Crippen LogP contribution in [0.25, 0.3) is 0 Å². The molecule has 0 saturated heterocycles. The number of rotatable bonds is 5. The van der Waals surface area contributed by atoms with E-state index in [0.29, 0.717) is 5.69 Å². The van der Waals surface area contributed by atoms with Crippen molar-refractivity contribution in [3.8, 4) is 0 Å². The van der Waals surface area contributed by atoms with Gasteiger partial charge in [-0.3, -0.25) is 9.69 Å². The van der Waals surface area contributed by atoms with E-state index in [0.717, 1.165) is 0 Å². The van der Waals surface area contributed by atoms with Gasteiger partial charge in [0.25, 0.3) is 0 Å². The number of carbonyl (C=O) groups is 3. The molecule has 0 unspecified atom stereocenters. The summed E-state index contributed by atoms with van der Waals surface area (Å²) in [4.78, 5) is 37.0. The summed E-state index contributed by atoms with van der Waals surface area (Å²) in [6, 6.07) is 5.81. The van der Waals surface area contributed by atoms with Crippen LogP contribution < -0.4 is 4.90 Å². The summed E-state index contributed by atoms with van der Waals surface area (Å²) < 4.78 is 4.51. The van der Waals surface area contributed by atoms with Crippen LogP contribution in [0.4, 0.5) is 10.5 Å². The van der Waals surface area contributed by atoms with Gasteiger partial charge >= 0.3 is 18.0 Å². The molecule has 2 amide bonds. The maximum absolute atomic E-state index is 12.2. The minimum atomic E-state index is -1.11. The summed E-state index contributed by atoms with van der Waals surface area (Å²) in [6.07, 6.45) is 0.0765. The van der Waals surface area contributed by atoms with Crippen molar-refractivity contribution in [2.45, 2.75) is 6.42 Å². The van der Waals surface area contributed by atoms with Crippen molar-refractivity contribution in [2.24, 2.45) is 0 Å². The van der Waals surface area contributed by atoms with Gasteiger partial charge in [0.15, 0.2) is 0 Å². The molecule has 1 N–H and O–H groups in total. The minimum Gasteiger partial charge on any atom is -0.478 e. The molecular weight excluding hydrogens is 276 g/mol. The van der Waals surface area contributed by atoms with Crippen LogP contribution in [0.2, 0.25) is 0 Å². The lowest BCUT2D eigenvalue weighted by Gasteiger charge is -2.25. The molecule has 0 radical (unpaired) electrons. The number of methoxy groups -OCH3 is 1. The monoisotopic (exact) mass is 294 g/mol. The number of aromatic carboxylic acids is 1.